The van der Waals surface area contributed by atoms with Gasteiger partial charge in [-0.25, -0.2) is 4.79 Å². The van der Waals surface area contributed by atoms with E-state index in [0.717, 1.165) is 0 Å². The molecule has 0 radical (unpaired) electrons. The van der Waals surface area contributed by atoms with Crippen molar-refractivity contribution in [1.82, 2.24) is 15.0 Å². The van der Waals surface area contributed by atoms with E-state index in [0.29, 0.717) is 16.6 Å². The van der Waals surface area contributed by atoms with Crippen LogP contribution in [0.3, 0.4) is 0 Å². The molecule has 0 aliphatic carbocycles. The van der Waals surface area contributed by atoms with E-state index in [-0.39, 0.29) is 22.7 Å². The van der Waals surface area contributed by atoms with Gasteiger partial charge >= 0.3 is 5.97 Å². The average Bonchev–Trinajstić information content (AvgIpc) is 3.04. The van der Waals surface area contributed by atoms with Crippen molar-refractivity contribution in [3.63, 3.8) is 0 Å². The molecule has 0 saturated heterocycles. The molecule has 2 aromatic carbocycles. The summed E-state index contributed by atoms with van der Waals surface area (Å²) in [6.45, 7) is 6.78. The Balaban J connectivity index is 1.99. The Hall–Kier alpha value is -3.75. The minimum absolute atomic E-state index is 0.0908. The van der Waals surface area contributed by atoms with Crippen molar-refractivity contribution < 1.29 is 19.6 Å². The number of phenols is 1. The molecule has 0 amide bonds. The molecule has 1 unspecified atom stereocenters. The van der Waals surface area contributed by atoms with Crippen LogP contribution in [0.15, 0.2) is 48.6 Å². The molecule has 0 saturated carbocycles. The Labute approximate surface area is 153 Å². The lowest BCUT2D eigenvalue weighted by molar-refractivity contribution is -0.384. The third-order valence-electron chi connectivity index (χ3n) is 3.89. The van der Waals surface area contributed by atoms with Gasteiger partial charge in [0.15, 0.2) is 0 Å². The summed E-state index contributed by atoms with van der Waals surface area (Å²) in [5.74, 6) is -0.612. The van der Waals surface area contributed by atoms with Crippen molar-refractivity contribution in [3.8, 4) is 11.4 Å². The normalized spacial score (nSPS) is 11.9. The van der Waals surface area contributed by atoms with Gasteiger partial charge in [0.05, 0.1) is 4.92 Å². The smallest absolute Gasteiger partial charge is 0.333 e. The van der Waals surface area contributed by atoms with Crippen LogP contribution >= 0.6 is 0 Å². The first-order valence-corrected chi connectivity index (χ1v) is 7.97. The number of carbonyl (C=O) groups excluding carboxylic acids is 1. The number of aromatic hydroxyl groups is 1. The monoisotopic (exact) mass is 368 g/mol. The fourth-order valence-corrected chi connectivity index (χ4v) is 2.41. The summed E-state index contributed by atoms with van der Waals surface area (Å²) >= 11 is 0. The van der Waals surface area contributed by atoms with Crippen molar-refractivity contribution in [2.45, 2.75) is 20.0 Å². The van der Waals surface area contributed by atoms with Crippen LogP contribution in [-0.4, -0.2) is 31.0 Å². The average molecular weight is 368 g/mol. The number of nitrogens with zero attached hydrogens (tertiary/aromatic N) is 4. The number of non-ortho nitro benzene ring substituents is 1. The number of aromatic nitrogens is 3. The maximum Gasteiger partial charge on any atom is 0.333 e. The van der Waals surface area contributed by atoms with Crippen LogP contribution in [0.25, 0.3) is 16.7 Å². The third kappa shape index (κ3) is 3.61. The predicted molar refractivity (Wildman–Crippen MR) is 96.5 cm³/mol. The lowest BCUT2D eigenvalue weighted by Crippen LogP contribution is -2.10. The van der Waals surface area contributed by atoms with E-state index in [1.165, 1.54) is 29.1 Å². The van der Waals surface area contributed by atoms with Gasteiger partial charge in [-0.3, -0.25) is 10.1 Å². The highest BCUT2D eigenvalue weighted by molar-refractivity contribution is 5.87. The number of hydrogen-bond acceptors (Lipinski definition) is 7. The molecule has 3 rings (SSSR count). The largest absolute Gasteiger partial charge is 0.506 e. The van der Waals surface area contributed by atoms with Crippen LogP contribution in [0.1, 0.15) is 25.5 Å². The van der Waals surface area contributed by atoms with Gasteiger partial charge in [0.1, 0.15) is 28.6 Å². The SMILES string of the molecule is C=C(C)C(=O)OC(C)c1ccc(O)c(-n2nc3ccc([N+](=O)[O-])cc3n2)c1. The van der Waals surface area contributed by atoms with Gasteiger partial charge in [-0.05, 0) is 37.6 Å². The van der Waals surface area contributed by atoms with E-state index < -0.39 is 17.0 Å². The molecule has 9 nitrogen and oxygen atoms in total. The van der Waals surface area contributed by atoms with Crippen LogP contribution < -0.4 is 0 Å². The molecule has 1 aromatic heterocycles. The standard InChI is InChI=1S/C18H16N4O5/c1-10(2)18(24)27-11(3)12-4-7-17(23)16(8-12)21-19-14-6-5-13(22(25)26)9-15(14)20-21/h4-9,11,23H,1H2,2-3H3. The summed E-state index contributed by atoms with van der Waals surface area (Å²) in [7, 11) is 0. The fraction of sp³-hybridized carbons (Fsp3) is 0.167. The zero-order valence-electron chi connectivity index (χ0n) is 14.6. The molecule has 1 atom stereocenters. The number of carbonyl (C=O) groups is 1. The Kier molecular flexibility index (Phi) is 4.59. The lowest BCUT2D eigenvalue weighted by Gasteiger charge is -2.15. The first kappa shape index (κ1) is 18.1. The molecule has 0 spiro atoms. The molecular weight excluding hydrogens is 352 g/mol. The second-order valence-electron chi connectivity index (χ2n) is 6.00. The number of benzene rings is 2. The number of nitro groups is 1. The second kappa shape index (κ2) is 6.87. The van der Waals surface area contributed by atoms with Gasteiger partial charge in [-0.1, -0.05) is 12.6 Å². The molecule has 3 aromatic rings. The topological polar surface area (TPSA) is 120 Å². The van der Waals surface area contributed by atoms with E-state index in [4.69, 9.17) is 4.74 Å². The quantitative estimate of drug-likeness (QED) is 0.318. The van der Waals surface area contributed by atoms with Crippen molar-refractivity contribution in [1.29, 1.82) is 0 Å². The zero-order chi connectivity index (χ0) is 19.7. The van der Waals surface area contributed by atoms with Crippen LogP contribution in [0.2, 0.25) is 0 Å². The molecule has 138 valence electrons. The molecule has 0 bridgehead atoms. The molecule has 1 N–H and O–H groups in total. The molecular formula is C18H16N4O5. The van der Waals surface area contributed by atoms with Gasteiger partial charge in [0, 0.05) is 17.7 Å². The predicted octanol–water partition coefficient (Wildman–Crippen LogP) is 3.21. The summed E-state index contributed by atoms with van der Waals surface area (Å²) in [5, 5.41) is 29.5. The minimum Gasteiger partial charge on any atom is -0.506 e. The highest BCUT2D eigenvalue weighted by atomic mass is 16.6. The summed E-state index contributed by atoms with van der Waals surface area (Å²) in [5.41, 5.74) is 1.80. The van der Waals surface area contributed by atoms with Crippen LogP contribution in [0, 0.1) is 10.1 Å². The van der Waals surface area contributed by atoms with Crippen molar-refractivity contribution >= 4 is 22.7 Å². The number of rotatable bonds is 5. The van der Waals surface area contributed by atoms with Gasteiger partial charge in [-0.15, -0.1) is 15.0 Å². The number of hydrogen-bond donors (Lipinski definition) is 1. The highest BCUT2D eigenvalue weighted by Gasteiger charge is 2.17. The lowest BCUT2D eigenvalue weighted by atomic mass is 10.1. The molecule has 9 heteroatoms. The number of fused-ring (bicyclic) bond motifs is 1. The molecule has 27 heavy (non-hydrogen) atoms. The Morgan fingerprint density at radius 1 is 1.26 bits per heavy atom. The van der Waals surface area contributed by atoms with Crippen LogP contribution in [0.4, 0.5) is 5.69 Å². The maximum absolute atomic E-state index is 11.7. The highest BCUT2D eigenvalue weighted by Crippen LogP contribution is 2.28. The first-order valence-electron chi connectivity index (χ1n) is 7.97. The Bertz CT molecular complexity index is 1070. The summed E-state index contributed by atoms with van der Waals surface area (Å²) in [6, 6.07) is 8.75. The van der Waals surface area contributed by atoms with Gasteiger partial charge in [0.2, 0.25) is 0 Å². The number of nitro benzene ring substituents is 1. The van der Waals surface area contributed by atoms with E-state index in [2.05, 4.69) is 16.8 Å². The summed E-state index contributed by atoms with van der Waals surface area (Å²) < 4.78 is 5.28. The van der Waals surface area contributed by atoms with E-state index >= 15 is 0 Å². The Morgan fingerprint density at radius 3 is 2.63 bits per heavy atom. The van der Waals surface area contributed by atoms with Crippen molar-refractivity contribution in [3.05, 3.63) is 64.2 Å². The van der Waals surface area contributed by atoms with Gasteiger partial charge in [-0.2, -0.15) is 0 Å². The number of ether oxygens (including phenoxy) is 1. The molecule has 0 aliphatic rings. The van der Waals surface area contributed by atoms with E-state index in [1.54, 1.807) is 26.0 Å². The summed E-state index contributed by atoms with van der Waals surface area (Å²) in [6.07, 6.45) is -0.584. The fourth-order valence-electron chi connectivity index (χ4n) is 2.41. The first-order chi connectivity index (χ1) is 12.8. The summed E-state index contributed by atoms with van der Waals surface area (Å²) in [4.78, 5) is 23.3. The van der Waals surface area contributed by atoms with Gasteiger partial charge < -0.3 is 9.84 Å². The second-order valence-corrected chi connectivity index (χ2v) is 6.00. The van der Waals surface area contributed by atoms with Crippen molar-refractivity contribution in [2.75, 3.05) is 0 Å². The zero-order valence-corrected chi connectivity index (χ0v) is 14.6. The van der Waals surface area contributed by atoms with Crippen molar-refractivity contribution in [2.24, 2.45) is 0 Å². The Morgan fingerprint density at radius 2 is 1.96 bits per heavy atom. The molecule has 0 fully saturated rings. The number of esters is 1. The molecule has 0 aliphatic heterocycles. The van der Waals surface area contributed by atoms with Gasteiger partial charge in [0.25, 0.3) is 5.69 Å². The van der Waals surface area contributed by atoms with E-state index in [9.17, 15) is 20.0 Å². The maximum atomic E-state index is 11.7. The minimum atomic E-state index is -0.584. The van der Waals surface area contributed by atoms with Crippen LogP contribution in [-0.2, 0) is 9.53 Å². The van der Waals surface area contributed by atoms with E-state index in [1.807, 2.05) is 0 Å². The van der Waals surface area contributed by atoms with Crippen LogP contribution in [0.5, 0.6) is 5.75 Å². The molecule has 1 heterocycles. The third-order valence-corrected chi connectivity index (χ3v) is 3.89. The number of phenolic OH excluding ortho intramolecular Hbond substituents is 1.